The van der Waals surface area contributed by atoms with E-state index in [1.165, 1.54) is 12.1 Å². The van der Waals surface area contributed by atoms with Crippen molar-refractivity contribution in [3.63, 3.8) is 0 Å². The van der Waals surface area contributed by atoms with E-state index in [9.17, 15) is 32.3 Å². The zero-order valence-corrected chi connectivity index (χ0v) is 24.3. The molecule has 2 aliphatic carbocycles. The molecule has 3 aromatic rings. The Morgan fingerprint density at radius 2 is 1.79 bits per heavy atom. The second kappa shape index (κ2) is 12.1. The summed E-state index contributed by atoms with van der Waals surface area (Å²) in [4.78, 5) is 30.4. The van der Waals surface area contributed by atoms with Gasteiger partial charge in [0.1, 0.15) is 11.3 Å². The number of carbonyl (C=O) groups is 2. The first-order valence-corrected chi connectivity index (χ1v) is 14.5. The van der Waals surface area contributed by atoms with Crippen LogP contribution in [-0.4, -0.2) is 40.7 Å². The van der Waals surface area contributed by atoms with Crippen molar-refractivity contribution < 1.29 is 37.0 Å². The van der Waals surface area contributed by atoms with E-state index in [4.69, 9.17) is 0 Å². The van der Waals surface area contributed by atoms with Crippen LogP contribution in [-0.2, 0) is 16.8 Å². The van der Waals surface area contributed by atoms with Gasteiger partial charge in [-0.25, -0.2) is 4.79 Å². The first kappa shape index (κ1) is 30.1. The maximum atomic E-state index is 13.9. The van der Waals surface area contributed by atoms with Crippen molar-refractivity contribution in [2.45, 2.75) is 49.8 Å². The van der Waals surface area contributed by atoms with Crippen molar-refractivity contribution in [3.8, 4) is 5.75 Å². The molecule has 0 unspecified atom stereocenters. The summed E-state index contributed by atoms with van der Waals surface area (Å²) in [5.41, 5.74) is -0.139. The van der Waals surface area contributed by atoms with Crippen molar-refractivity contribution in [3.05, 3.63) is 93.3 Å². The van der Waals surface area contributed by atoms with E-state index in [1.54, 1.807) is 36.5 Å². The number of pyridine rings is 1. The largest absolute Gasteiger partial charge is 0.481 e. The lowest BCUT2D eigenvalue weighted by molar-refractivity contribution is -0.253. The lowest BCUT2D eigenvalue weighted by Gasteiger charge is -2.37. The molecule has 2 amide bonds. The Bertz CT molecular complexity index is 1430. The standard InChI is InChI=1S/C30H28F4IN3O4/c31-27(32)30(33,34)42-22-8-4-7-20(14-22)29(15-17-5-2-1-3-6-17,23-12-11-21(35)16-36-23)38-28(41)37-25-19-10-9-18(13-19)24(25)26(39)40/h1-8,11-12,14,16,18-19,24-25,27H,9-10,13,15H2,(H,39,40)(H2,37,38,41)/t18-,19+,24-,25+,29+/m1/s1. The molecule has 1 aromatic heterocycles. The Morgan fingerprint density at radius 1 is 1.05 bits per heavy atom. The Kier molecular flexibility index (Phi) is 8.63. The van der Waals surface area contributed by atoms with Crippen molar-refractivity contribution in [2.75, 3.05) is 0 Å². The third kappa shape index (κ3) is 6.18. The van der Waals surface area contributed by atoms with Gasteiger partial charge in [0.05, 0.1) is 11.6 Å². The SMILES string of the molecule is O=C(N[C@H]1[C@H]2CC[C@H](C2)[C@H]1C(=O)O)N[C@@](Cc1ccccc1)(c1cccc(OC(F)(F)C(F)F)c1)c1ccc(I)cn1. The number of fused-ring (bicyclic) bond motifs is 2. The molecule has 0 saturated heterocycles. The fourth-order valence-electron chi connectivity index (χ4n) is 6.31. The van der Waals surface area contributed by atoms with Gasteiger partial charge in [0.15, 0.2) is 0 Å². The molecule has 1 heterocycles. The van der Waals surface area contributed by atoms with Gasteiger partial charge in [0.25, 0.3) is 0 Å². The van der Waals surface area contributed by atoms with Crippen LogP contribution < -0.4 is 15.4 Å². The molecule has 2 fully saturated rings. The van der Waals surface area contributed by atoms with Gasteiger partial charge in [-0.1, -0.05) is 42.5 Å². The van der Waals surface area contributed by atoms with Gasteiger partial charge in [-0.05, 0) is 89.1 Å². The summed E-state index contributed by atoms with van der Waals surface area (Å²) < 4.78 is 58.8. The van der Waals surface area contributed by atoms with Gasteiger partial charge in [-0.15, -0.1) is 0 Å². The second-order valence-corrected chi connectivity index (χ2v) is 12.0. The van der Waals surface area contributed by atoms with Crippen molar-refractivity contribution in [2.24, 2.45) is 17.8 Å². The molecule has 2 aliphatic rings. The van der Waals surface area contributed by atoms with E-state index in [0.717, 1.165) is 28.0 Å². The van der Waals surface area contributed by atoms with Crippen LogP contribution in [0.15, 0.2) is 72.9 Å². The van der Waals surface area contributed by atoms with Gasteiger partial charge in [-0.3, -0.25) is 9.78 Å². The minimum absolute atomic E-state index is 0.0184. The number of amides is 2. The number of alkyl halides is 4. The number of nitrogens with one attached hydrogen (secondary N) is 2. The molecule has 222 valence electrons. The zero-order valence-electron chi connectivity index (χ0n) is 22.2. The summed E-state index contributed by atoms with van der Waals surface area (Å²) in [6, 6.07) is 16.5. The summed E-state index contributed by atoms with van der Waals surface area (Å²) >= 11 is 2.07. The molecule has 5 atom stereocenters. The molecule has 12 heteroatoms. The van der Waals surface area contributed by atoms with E-state index >= 15 is 0 Å². The number of halogens is 5. The van der Waals surface area contributed by atoms with Crippen LogP contribution >= 0.6 is 22.6 Å². The molecule has 2 aromatic carbocycles. The van der Waals surface area contributed by atoms with Gasteiger partial charge in [0.2, 0.25) is 0 Å². The number of urea groups is 1. The second-order valence-electron chi connectivity index (χ2n) is 10.7. The number of aromatic nitrogens is 1. The predicted octanol–water partition coefficient (Wildman–Crippen LogP) is 6.21. The highest BCUT2D eigenvalue weighted by Gasteiger charge is 2.52. The lowest BCUT2D eigenvalue weighted by atomic mass is 9.80. The van der Waals surface area contributed by atoms with Crippen LogP contribution in [0.2, 0.25) is 0 Å². The first-order valence-electron chi connectivity index (χ1n) is 13.4. The molecule has 0 spiro atoms. The van der Waals surface area contributed by atoms with Crippen LogP contribution in [0.4, 0.5) is 22.4 Å². The highest BCUT2D eigenvalue weighted by atomic mass is 127. The average molecular weight is 697 g/mol. The summed E-state index contributed by atoms with van der Waals surface area (Å²) in [5, 5.41) is 15.8. The zero-order chi connectivity index (χ0) is 30.1. The molecule has 2 bridgehead atoms. The fraction of sp³-hybridized carbons (Fsp3) is 0.367. The maximum absolute atomic E-state index is 13.9. The molecule has 0 radical (unpaired) electrons. The number of hydrogen-bond donors (Lipinski definition) is 3. The number of nitrogens with zero attached hydrogens (tertiary/aromatic N) is 1. The number of carboxylic acid groups (broad SMARTS) is 1. The van der Waals surface area contributed by atoms with Crippen LogP contribution in [0, 0.1) is 21.3 Å². The monoisotopic (exact) mass is 697 g/mol. The Labute approximate surface area is 253 Å². The van der Waals surface area contributed by atoms with Gasteiger partial charge < -0.3 is 20.5 Å². The lowest BCUT2D eigenvalue weighted by Crippen LogP contribution is -2.57. The number of benzene rings is 2. The number of aliphatic carboxylic acids is 1. The van der Waals surface area contributed by atoms with Gasteiger partial charge in [0, 0.05) is 22.2 Å². The van der Waals surface area contributed by atoms with Crippen molar-refractivity contribution in [1.82, 2.24) is 15.6 Å². The first-order chi connectivity index (χ1) is 20.0. The number of hydrogen-bond acceptors (Lipinski definition) is 4. The number of carboxylic acids is 1. The van der Waals surface area contributed by atoms with E-state index in [0.29, 0.717) is 12.1 Å². The molecule has 5 rings (SSSR count). The quantitative estimate of drug-likeness (QED) is 0.173. The number of carbonyl (C=O) groups excluding carboxylic acids is 1. The normalized spacial score (nSPS) is 22.9. The molecule has 7 nitrogen and oxygen atoms in total. The fourth-order valence-corrected chi connectivity index (χ4v) is 6.63. The molecular weight excluding hydrogens is 669 g/mol. The van der Waals surface area contributed by atoms with Crippen LogP contribution in [0.5, 0.6) is 5.75 Å². The average Bonchev–Trinajstić information content (AvgIpc) is 3.55. The molecule has 2 saturated carbocycles. The third-order valence-electron chi connectivity index (χ3n) is 8.14. The van der Waals surface area contributed by atoms with E-state index < -0.39 is 47.8 Å². The molecular formula is C30H28F4IN3O4. The topological polar surface area (TPSA) is 101 Å². The highest BCUT2D eigenvalue weighted by Crippen LogP contribution is 2.48. The molecule has 0 aliphatic heterocycles. The van der Waals surface area contributed by atoms with Crippen molar-refractivity contribution in [1.29, 1.82) is 0 Å². The number of rotatable bonds is 10. The Balaban J connectivity index is 1.58. The third-order valence-corrected chi connectivity index (χ3v) is 8.78. The van der Waals surface area contributed by atoms with Crippen molar-refractivity contribution >= 4 is 34.6 Å². The summed E-state index contributed by atoms with van der Waals surface area (Å²) in [6.45, 7) is 0. The van der Waals surface area contributed by atoms with E-state index in [2.05, 4.69) is 42.9 Å². The maximum Gasteiger partial charge on any atom is 0.461 e. The van der Waals surface area contributed by atoms with E-state index in [-0.39, 0.29) is 23.8 Å². The van der Waals surface area contributed by atoms with Gasteiger partial charge >= 0.3 is 24.5 Å². The number of ether oxygens (including phenoxy) is 1. The van der Waals surface area contributed by atoms with Crippen LogP contribution in [0.3, 0.4) is 0 Å². The summed E-state index contributed by atoms with van der Waals surface area (Å²) in [5.74, 6) is -2.21. The van der Waals surface area contributed by atoms with E-state index in [1.807, 2.05) is 18.2 Å². The minimum Gasteiger partial charge on any atom is -0.481 e. The summed E-state index contributed by atoms with van der Waals surface area (Å²) in [7, 11) is 0. The smallest absolute Gasteiger partial charge is 0.461 e. The molecule has 3 N–H and O–H groups in total. The van der Waals surface area contributed by atoms with Gasteiger partial charge in [-0.2, -0.15) is 17.6 Å². The Hall–Kier alpha value is -3.42. The molecule has 42 heavy (non-hydrogen) atoms. The predicted molar refractivity (Wildman–Crippen MR) is 153 cm³/mol. The Morgan fingerprint density at radius 3 is 2.45 bits per heavy atom. The van der Waals surface area contributed by atoms with Crippen LogP contribution in [0.25, 0.3) is 0 Å². The summed E-state index contributed by atoms with van der Waals surface area (Å²) in [6.07, 6.45) is -4.79. The van der Waals surface area contributed by atoms with Crippen LogP contribution in [0.1, 0.15) is 36.1 Å². The highest BCUT2D eigenvalue weighted by molar-refractivity contribution is 14.1. The minimum atomic E-state index is -4.74.